The van der Waals surface area contributed by atoms with E-state index in [1.165, 1.54) is 25.7 Å². The Labute approximate surface area is 112 Å². The molecule has 1 fully saturated rings. The third-order valence-corrected chi connectivity index (χ3v) is 3.87. The van der Waals surface area contributed by atoms with Gasteiger partial charge in [-0.25, -0.2) is 4.98 Å². The first-order valence-electron chi connectivity index (χ1n) is 6.13. The Balaban J connectivity index is 2.13. The summed E-state index contributed by atoms with van der Waals surface area (Å²) in [5.41, 5.74) is 0. The molecule has 1 aliphatic heterocycles. The third-order valence-electron chi connectivity index (χ3n) is 3.42. The Kier molecular flexibility index (Phi) is 4.46. The molecule has 94 valence electrons. The first kappa shape index (κ1) is 12.9. The van der Waals surface area contributed by atoms with Crippen molar-refractivity contribution < 1.29 is 0 Å². The zero-order valence-corrected chi connectivity index (χ0v) is 11.5. The van der Waals surface area contributed by atoms with E-state index >= 15 is 0 Å². The number of rotatable bonds is 2. The SMILES string of the molecule is CCC1CCCN(c2nc(Cl)ncc2Cl)CC1. The number of halogens is 2. The maximum atomic E-state index is 6.13. The second-order valence-corrected chi connectivity index (χ2v) is 5.25. The Morgan fingerprint density at radius 1 is 1.35 bits per heavy atom. The van der Waals surface area contributed by atoms with Crippen LogP contribution in [-0.2, 0) is 0 Å². The molecule has 0 spiro atoms. The normalized spacial score (nSPS) is 21.4. The van der Waals surface area contributed by atoms with Gasteiger partial charge in [0.1, 0.15) is 5.02 Å². The van der Waals surface area contributed by atoms with Crippen molar-refractivity contribution in [2.24, 2.45) is 5.92 Å². The van der Waals surface area contributed by atoms with Crippen LogP contribution in [0.25, 0.3) is 0 Å². The van der Waals surface area contributed by atoms with Crippen LogP contribution < -0.4 is 4.90 Å². The molecule has 0 radical (unpaired) electrons. The highest BCUT2D eigenvalue weighted by atomic mass is 35.5. The van der Waals surface area contributed by atoms with E-state index in [1.54, 1.807) is 6.20 Å². The molecule has 1 unspecified atom stereocenters. The van der Waals surface area contributed by atoms with Gasteiger partial charge < -0.3 is 4.90 Å². The van der Waals surface area contributed by atoms with Gasteiger partial charge in [0.25, 0.3) is 0 Å². The summed E-state index contributed by atoms with van der Waals surface area (Å²) in [6.45, 7) is 4.27. The molecule has 0 bridgehead atoms. The summed E-state index contributed by atoms with van der Waals surface area (Å²) < 4.78 is 0. The van der Waals surface area contributed by atoms with Gasteiger partial charge in [-0.15, -0.1) is 0 Å². The van der Waals surface area contributed by atoms with Gasteiger partial charge in [-0.2, -0.15) is 4.98 Å². The van der Waals surface area contributed by atoms with Gasteiger partial charge in [-0.1, -0.05) is 24.9 Å². The Morgan fingerprint density at radius 3 is 2.94 bits per heavy atom. The zero-order chi connectivity index (χ0) is 12.3. The fourth-order valence-electron chi connectivity index (χ4n) is 2.34. The van der Waals surface area contributed by atoms with Gasteiger partial charge in [-0.3, -0.25) is 0 Å². The van der Waals surface area contributed by atoms with Crippen LogP contribution >= 0.6 is 23.2 Å². The van der Waals surface area contributed by atoms with Crippen molar-refractivity contribution in [2.75, 3.05) is 18.0 Å². The lowest BCUT2D eigenvalue weighted by Crippen LogP contribution is -2.25. The molecule has 2 rings (SSSR count). The average Bonchev–Trinajstić information content (AvgIpc) is 2.57. The summed E-state index contributed by atoms with van der Waals surface area (Å²) in [7, 11) is 0. The molecule has 0 amide bonds. The summed E-state index contributed by atoms with van der Waals surface area (Å²) in [6.07, 6.45) is 6.52. The number of hydrogen-bond donors (Lipinski definition) is 0. The molecule has 2 heterocycles. The third kappa shape index (κ3) is 3.23. The van der Waals surface area contributed by atoms with Gasteiger partial charge >= 0.3 is 0 Å². The van der Waals surface area contributed by atoms with E-state index in [-0.39, 0.29) is 5.28 Å². The highest BCUT2D eigenvalue weighted by molar-refractivity contribution is 6.33. The predicted molar refractivity (Wildman–Crippen MR) is 71.9 cm³/mol. The summed E-state index contributed by atoms with van der Waals surface area (Å²) in [4.78, 5) is 10.3. The van der Waals surface area contributed by atoms with E-state index in [0.717, 1.165) is 24.8 Å². The van der Waals surface area contributed by atoms with Crippen LogP contribution in [0.5, 0.6) is 0 Å². The summed E-state index contributed by atoms with van der Waals surface area (Å²) in [5, 5.41) is 0.852. The summed E-state index contributed by atoms with van der Waals surface area (Å²) >= 11 is 12.0. The minimum absolute atomic E-state index is 0.265. The van der Waals surface area contributed by atoms with Crippen molar-refractivity contribution in [1.82, 2.24) is 9.97 Å². The highest BCUT2D eigenvalue weighted by Crippen LogP contribution is 2.28. The second kappa shape index (κ2) is 5.87. The first-order chi connectivity index (χ1) is 8.20. The standard InChI is InChI=1S/C12H17Cl2N3/c1-2-9-4-3-6-17(7-5-9)11-10(13)8-15-12(14)16-11/h8-9H,2-7H2,1H3. The van der Waals surface area contributed by atoms with Crippen LogP contribution in [0.2, 0.25) is 10.3 Å². The van der Waals surface area contributed by atoms with Crippen LogP contribution in [-0.4, -0.2) is 23.1 Å². The second-order valence-electron chi connectivity index (χ2n) is 4.50. The number of nitrogens with zero attached hydrogens (tertiary/aromatic N) is 3. The minimum Gasteiger partial charge on any atom is -0.355 e. The van der Waals surface area contributed by atoms with Crippen LogP contribution in [0.15, 0.2) is 6.20 Å². The molecule has 0 N–H and O–H groups in total. The van der Waals surface area contributed by atoms with Crippen LogP contribution in [0, 0.1) is 5.92 Å². The molecule has 5 heteroatoms. The minimum atomic E-state index is 0.265. The zero-order valence-electron chi connectivity index (χ0n) is 9.99. The van der Waals surface area contributed by atoms with Gasteiger partial charge in [0.05, 0.1) is 6.20 Å². The number of anilines is 1. The maximum absolute atomic E-state index is 6.13. The van der Waals surface area contributed by atoms with Crippen molar-refractivity contribution in [3.8, 4) is 0 Å². The fourth-order valence-corrected chi connectivity index (χ4v) is 2.68. The smallest absolute Gasteiger partial charge is 0.224 e. The van der Waals surface area contributed by atoms with Gasteiger partial charge in [-0.05, 0) is 36.8 Å². The molecule has 1 aliphatic rings. The van der Waals surface area contributed by atoms with E-state index in [1.807, 2.05) is 0 Å². The molecule has 0 aromatic carbocycles. The first-order valence-corrected chi connectivity index (χ1v) is 6.89. The molecule has 0 saturated carbocycles. The lowest BCUT2D eigenvalue weighted by atomic mass is 9.98. The molecule has 3 nitrogen and oxygen atoms in total. The lowest BCUT2D eigenvalue weighted by molar-refractivity contribution is 0.459. The van der Waals surface area contributed by atoms with Crippen molar-refractivity contribution in [2.45, 2.75) is 32.6 Å². The average molecular weight is 274 g/mol. The maximum Gasteiger partial charge on any atom is 0.224 e. The van der Waals surface area contributed by atoms with Gasteiger partial charge in [0.15, 0.2) is 5.82 Å². The molecule has 1 atom stereocenters. The lowest BCUT2D eigenvalue weighted by Gasteiger charge is -2.22. The number of aromatic nitrogens is 2. The predicted octanol–water partition coefficient (Wildman–Crippen LogP) is 3.80. The summed E-state index contributed by atoms with van der Waals surface area (Å²) in [6, 6.07) is 0. The van der Waals surface area contributed by atoms with Gasteiger partial charge in [0.2, 0.25) is 5.28 Å². The van der Waals surface area contributed by atoms with E-state index in [0.29, 0.717) is 5.02 Å². The fraction of sp³-hybridized carbons (Fsp3) is 0.667. The van der Waals surface area contributed by atoms with E-state index in [4.69, 9.17) is 23.2 Å². The monoisotopic (exact) mass is 273 g/mol. The van der Waals surface area contributed by atoms with E-state index < -0.39 is 0 Å². The number of hydrogen-bond acceptors (Lipinski definition) is 3. The molecular weight excluding hydrogens is 257 g/mol. The summed E-state index contributed by atoms with van der Waals surface area (Å²) in [5.74, 6) is 1.61. The molecule has 1 aromatic heterocycles. The largest absolute Gasteiger partial charge is 0.355 e. The molecular formula is C12H17Cl2N3. The van der Waals surface area contributed by atoms with E-state index in [9.17, 15) is 0 Å². The quantitative estimate of drug-likeness (QED) is 0.768. The van der Waals surface area contributed by atoms with Crippen LogP contribution in [0.3, 0.4) is 0 Å². The molecule has 1 saturated heterocycles. The Hall–Kier alpha value is -0.540. The van der Waals surface area contributed by atoms with Crippen molar-refractivity contribution >= 4 is 29.0 Å². The molecule has 1 aromatic rings. The van der Waals surface area contributed by atoms with Crippen LogP contribution in [0.1, 0.15) is 32.6 Å². The topological polar surface area (TPSA) is 29.0 Å². The molecule has 0 aliphatic carbocycles. The Bertz CT molecular complexity index is 384. The highest BCUT2D eigenvalue weighted by Gasteiger charge is 2.19. The van der Waals surface area contributed by atoms with Crippen molar-refractivity contribution in [3.05, 3.63) is 16.5 Å². The van der Waals surface area contributed by atoms with Crippen molar-refractivity contribution in [1.29, 1.82) is 0 Å². The van der Waals surface area contributed by atoms with Gasteiger partial charge in [0, 0.05) is 13.1 Å². The van der Waals surface area contributed by atoms with E-state index in [2.05, 4.69) is 21.8 Å². The molecule has 17 heavy (non-hydrogen) atoms. The van der Waals surface area contributed by atoms with Crippen molar-refractivity contribution in [3.63, 3.8) is 0 Å². The van der Waals surface area contributed by atoms with Crippen LogP contribution in [0.4, 0.5) is 5.82 Å². The Morgan fingerprint density at radius 2 is 2.18 bits per heavy atom.